The lowest BCUT2D eigenvalue weighted by Crippen LogP contribution is -2.60. The van der Waals surface area contributed by atoms with E-state index < -0.39 is 179 Å². The van der Waals surface area contributed by atoms with E-state index in [2.05, 4.69) is 37.2 Å². The van der Waals surface area contributed by atoms with Gasteiger partial charge in [0.15, 0.2) is 17.5 Å². The first kappa shape index (κ1) is 67.1. The number of carbonyl (C=O) groups excluding carboxylic acids is 7. The molecule has 29 nitrogen and oxygen atoms in total. The average molecular weight is 1290 g/mol. The van der Waals surface area contributed by atoms with Gasteiger partial charge in [-0.05, 0) is 108 Å². The fourth-order valence-electron chi connectivity index (χ4n) is 10.0. The number of fused-ring (bicyclic) bond motifs is 16. The Morgan fingerprint density at radius 3 is 1.80 bits per heavy atom. The molecule has 7 amide bonds. The molecule has 0 aliphatic carbocycles. The summed E-state index contributed by atoms with van der Waals surface area (Å²) < 4.78 is 24.8. The second-order valence-corrected chi connectivity index (χ2v) is 22.5. The van der Waals surface area contributed by atoms with Crippen molar-refractivity contribution in [3.05, 3.63) is 135 Å². The normalized spacial score (nSPS) is 25.3. The van der Waals surface area contributed by atoms with Crippen molar-refractivity contribution in [1.82, 2.24) is 37.2 Å². The van der Waals surface area contributed by atoms with Crippen molar-refractivity contribution in [2.24, 2.45) is 11.7 Å². The van der Waals surface area contributed by atoms with Gasteiger partial charge in [-0.15, -0.1) is 0 Å². The summed E-state index contributed by atoms with van der Waals surface area (Å²) in [6, 6.07) is 4.75. The number of rotatable bonds is 15. The number of halogens is 2. The number of amides is 7. The van der Waals surface area contributed by atoms with Gasteiger partial charge in [0.1, 0.15) is 89.8 Å². The van der Waals surface area contributed by atoms with Crippen LogP contribution in [0.1, 0.15) is 84.8 Å². The molecule has 10 rings (SSSR count). The first-order valence-corrected chi connectivity index (χ1v) is 28.5. The molecule has 0 radical (unpaired) electrons. The summed E-state index contributed by atoms with van der Waals surface area (Å²) in [7, 11) is 1.48. The highest BCUT2D eigenvalue weighted by molar-refractivity contribution is 6.32. The molecule has 18 N–H and O–H groups in total. The molecule has 31 heteroatoms. The van der Waals surface area contributed by atoms with E-state index in [-0.39, 0.29) is 56.9 Å². The molecule has 14 atom stereocenters. The van der Waals surface area contributed by atoms with Crippen molar-refractivity contribution in [2.75, 3.05) is 13.7 Å². The number of nitrogens with two attached hydrogens (primary N) is 1. The van der Waals surface area contributed by atoms with Crippen molar-refractivity contribution >= 4 is 70.5 Å². The van der Waals surface area contributed by atoms with Gasteiger partial charge in [0.05, 0.1) is 29.1 Å². The number of hydrogen-bond donors (Lipinski definition) is 17. The minimum absolute atomic E-state index is 0.0713. The Hall–Kier alpha value is -8.88. The van der Waals surface area contributed by atoms with Crippen molar-refractivity contribution in [1.29, 1.82) is 0 Å². The van der Waals surface area contributed by atoms with Gasteiger partial charge >= 0.3 is 5.97 Å². The Kier molecular flexibility index (Phi) is 21.4. The summed E-state index contributed by atoms with van der Waals surface area (Å²) in [6.07, 6.45) is -14.7. The maximum atomic E-state index is 15.6. The molecule has 90 heavy (non-hydrogen) atoms. The minimum Gasteiger partial charge on any atom is -0.508 e. The topological polar surface area (TPSA) is 466 Å². The Labute approximate surface area is 521 Å². The Morgan fingerprint density at radius 2 is 1.24 bits per heavy atom. The van der Waals surface area contributed by atoms with Crippen LogP contribution in [0, 0.1) is 5.92 Å². The molecule has 5 aliphatic heterocycles. The van der Waals surface area contributed by atoms with Crippen molar-refractivity contribution in [3.8, 4) is 40.2 Å². The quantitative estimate of drug-likeness (QED) is 0.0665. The maximum absolute atomic E-state index is 15.6. The zero-order valence-corrected chi connectivity index (χ0v) is 49.3. The number of phenolic OH excluding ortho intramolecular Hbond substituents is 2. The molecule has 5 aliphatic rings. The van der Waals surface area contributed by atoms with Gasteiger partial charge in [-0.3, -0.25) is 33.6 Å². The van der Waals surface area contributed by atoms with Gasteiger partial charge in [-0.1, -0.05) is 73.4 Å². The number of carboxylic acid groups (broad SMARTS) is 1. The van der Waals surface area contributed by atoms with E-state index in [0.29, 0.717) is 0 Å². The second-order valence-electron chi connectivity index (χ2n) is 21.7. The van der Waals surface area contributed by atoms with Crippen LogP contribution in [0.15, 0.2) is 97.1 Å². The van der Waals surface area contributed by atoms with Crippen molar-refractivity contribution in [2.45, 2.75) is 112 Å². The van der Waals surface area contributed by atoms with Gasteiger partial charge < -0.3 is 108 Å². The number of aliphatic hydroxyl groups excluding tert-OH is 6. The number of carboxylic acids is 1. The third-order valence-corrected chi connectivity index (χ3v) is 15.3. The first-order chi connectivity index (χ1) is 42.7. The van der Waals surface area contributed by atoms with E-state index in [1.807, 2.05) is 13.8 Å². The molecule has 1 saturated heterocycles. The average Bonchev–Trinajstić information content (AvgIpc) is 0.856. The summed E-state index contributed by atoms with van der Waals surface area (Å²) in [5.41, 5.74) is 4.52. The molecular formula is C59H64Cl2N8O21. The third kappa shape index (κ3) is 15.4. The van der Waals surface area contributed by atoms with E-state index in [1.54, 1.807) is 0 Å². The highest BCUT2D eigenvalue weighted by Crippen LogP contribution is 2.48. The summed E-state index contributed by atoms with van der Waals surface area (Å²) in [5, 5.41) is 115. The number of likely N-dealkylation sites (N-methyl/N-ethyl adjacent to an activating group) is 1. The first-order valence-electron chi connectivity index (χ1n) is 27.7. The summed E-state index contributed by atoms with van der Waals surface area (Å²) >= 11 is 13.8. The molecule has 5 aromatic carbocycles. The van der Waals surface area contributed by atoms with Crippen LogP contribution in [0.25, 0.3) is 0 Å². The number of hydrogen-bond acceptors (Lipinski definition) is 21. The van der Waals surface area contributed by atoms with Gasteiger partial charge in [0, 0.05) is 0 Å². The molecule has 5 heterocycles. The van der Waals surface area contributed by atoms with E-state index in [4.69, 9.17) is 47.9 Å². The molecular weight excluding hydrogens is 1230 g/mol. The summed E-state index contributed by atoms with van der Waals surface area (Å²) in [5.74, 6) is -13.8. The lowest BCUT2D eigenvalue weighted by Gasteiger charge is -2.39. The van der Waals surface area contributed by atoms with Gasteiger partial charge in [0.2, 0.25) is 53.4 Å². The second kappa shape index (κ2) is 28.7. The number of phenols is 2. The predicted octanol–water partition coefficient (Wildman–Crippen LogP) is 0.183. The number of benzene rings is 5. The number of primary amides is 1. The zero-order valence-electron chi connectivity index (χ0n) is 47.8. The van der Waals surface area contributed by atoms with E-state index in [1.165, 1.54) is 37.4 Å². The number of carbonyl (C=O) groups is 8. The smallest absolute Gasteiger partial charge is 0.330 e. The zero-order chi connectivity index (χ0) is 65.6. The summed E-state index contributed by atoms with van der Waals surface area (Å²) in [6.45, 7) is 2.71. The molecule has 0 aromatic heterocycles. The number of nitrogens with one attached hydrogen (secondary N) is 7. The highest BCUT2D eigenvalue weighted by atomic mass is 35.5. The van der Waals surface area contributed by atoms with Crippen LogP contribution < -0.4 is 57.2 Å². The largest absolute Gasteiger partial charge is 0.508 e. The van der Waals surface area contributed by atoms with Crippen LogP contribution >= 0.6 is 23.2 Å². The minimum atomic E-state index is -2.25. The lowest BCUT2D eigenvalue weighted by molar-refractivity contribution is -0.277. The van der Waals surface area contributed by atoms with Crippen LogP contribution in [0.4, 0.5) is 0 Å². The molecule has 0 unspecified atom stereocenters. The third-order valence-electron chi connectivity index (χ3n) is 14.8. The summed E-state index contributed by atoms with van der Waals surface area (Å²) in [4.78, 5) is 114. The van der Waals surface area contributed by atoms with Crippen LogP contribution in [-0.2, 0) is 43.1 Å². The van der Waals surface area contributed by atoms with Gasteiger partial charge in [-0.2, -0.15) is 0 Å². The monoisotopic (exact) mass is 1290 g/mol. The van der Waals surface area contributed by atoms with E-state index in [0.717, 1.165) is 66.7 Å². The predicted molar refractivity (Wildman–Crippen MR) is 312 cm³/mol. The Morgan fingerprint density at radius 1 is 0.667 bits per heavy atom. The fourth-order valence-corrected chi connectivity index (χ4v) is 10.5. The van der Waals surface area contributed by atoms with Crippen molar-refractivity contribution < 1.29 is 103 Å². The van der Waals surface area contributed by atoms with Crippen molar-refractivity contribution in [3.63, 3.8) is 0 Å². The van der Waals surface area contributed by atoms with E-state index in [9.17, 15) is 69.9 Å². The number of ether oxygens (including phenoxy) is 4. The number of aliphatic carboxylic acids is 1. The highest BCUT2D eigenvalue weighted by Gasteiger charge is 2.46. The molecule has 0 saturated carbocycles. The molecule has 7 bridgehead atoms. The Balaban J connectivity index is 1.37. The fraction of sp³-hybridized carbons (Fsp3) is 0.356. The molecule has 0 spiro atoms. The van der Waals surface area contributed by atoms with Crippen LogP contribution in [0.5, 0.6) is 40.2 Å². The van der Waals surface area contributed by atoms with E-state index >= 15 is 14.4 Å². The number of aliphatic hydroxyl groups is 6. The molecule has 480 valence electrons. The lowest BCUT2D eigenvalue weighted by atomic mass is 9.97. The molecule has 5 aromatic rings. The van der Waals surface area contributed by atoms with Crippen LogP contribution in [0.2, 0.25) is 10.0 Å². The van der Waals surface area contributed by atoms with Crippen LogP contribution in [0.3, 0.4) is 0 Å². The SMILES string of the molecule is CN[C@H](CC(C)C)C(=O)N[C@H]1C(=O)N[C@@H](CC(N)=O)C(=O)N[C@H]2C(=O)N[C@H](c3ccc(O)cc3)C(=O)N[C@H](C(=O)N[C@H](C(=O)O)c3cccc(O)c3)[C@H](O)c3ccc(c(Cl)c3)Oc3cc2cc(c3O[C@@H]2O[C@H](CO)[C@@H](O)[C@H](O)[C@H]2O)Oc2ccc(cc2Cl)[C@H]1O. The Bertz CT molecular complexity index is 3550. The van der Waals surface area contributed by atoms with Gasteiger partial charge in [0.25, 0.3) is 0 Å². The van der Waals surface area contributed by atoms with Crippen LogP contribution in [-0.4, -0.2) is 162 Å². The number of aromatic hydroxyl groups is 2. The van der Waals surface area contributed by atoms with Gasteiger partial charge in [-0.25, -0.2) is 4.79 Å². The standard InChI is InChI=1S/C59H64Cl2N8O21/c1-23(2)15-33(63-3)52(79)68-44-46(74)26-9-13-35(31(60)17-26)87-37-19-28-20-38(51(37)90-59-50(78)49(77)48(76)39(22-70)89-59)88-36-14-10-27(18-32(36)61)47(75)45(57(84)67-43(58(85)86)25-5-4-6-30(72)16-25)69-54(81)41(24-7-11-29(71)12-8-24)66-55(82)42(28)65-53(80)34(21-40(62)73)64-56(44)83/h4-14,16-20,23,33-34,39,41-50,59,63,70-72,74-78H,15,21-22H2,1-3H3,(H2,62,73)(H,64,83)(H,65,80)(H,66,82)(H,67,84)(H,68,79)(H,69,81)(H,85,86)/t33-,34+,39-,41-,42-,43+,44-,45+,46-,47-,48-,49+,50-,59+/m1/s1. The maximum Gasteiger partial charge on any atom is 0.330 e. The molecule has 1 fully saturated rings.